The summed E-state index contributed by atoms with van der Waals surface area (Å²) in [7, 11) is 0. The Morgan fingerprint density at radius 3 is 2.52 bits per heavy atom. The average molecular weight is 341 g/mol. The zero-order chi connectivity index (χ0) is 18.2. The normalized spacial score (nSPS) is 11.7. The van der Waals surface area contributed by atoms with Crippen molar-refractivity contribution in [2.75, 3.05) is 13.2 Å². The molecule has 0 fully saturated rings. The second kappa shape index (κ2) is 9.11. The van der Waals surface area contributed by atoms with E-state index < -0.39 is 6.10 Å². The Balaban J connectivity index is 1.74. The molecule has 0 bridgehead atoms. The van der Waals surface area contributed by atoms with Crippen LogP contribution in [0.5, 0.6) is 11.5 Å². The number of carbonyl (C=O) groups is 1. The molecule has 0 aliphatic heterocycles. The highest BCUT2D eigenvalue weighted by molar-refractivity contribution is 5.80. The number of amides is 1. The molecule has 1 N–H and O–H groups in total. The molecule has 134 valence electrons. The molecule has 2 aromatic carbocycles. The van der Waals surface area contributed by atoms with Crippen molar-refractivity contribution < 1.29 is 14.3 Å². The van der Waals surface area contributed by atoms with E-state index in [1.807, 2.05) is 56.3 Å². The number of aryl methyl sites for hydroxylation is 3. The van der Waals surface area contributed by atoms with Crippen molar-refractivity contribution in [1.29, 1.82) is 0 Å². The summed E-state index contributed by atoms with van der Waals surface area (Å²) in [5.74, 6) is 1.41. The first-order valence-electron chi connectivity index (χ1n) is 8.73. The lowest BCUT2D eigenvalue weighted by Crippen LogP contribution is -2.38. The van der Waals surface area contributed by atoms with Gasteiger partial charge in [-0.05, 0) is 62.1 Å². The molecule has 4 nitrogen and oxygen atoms in total. The van der Waals surface area contributed by atoms with Crippen molar-refractivity contribution in [3.05, 3.63) is 59.2 Å². The molecule has 2 rings (SSSR count). The minimum Gasteiger partial charge on any atom is -0.492 e. The van der Waals surface area contributed by atoms with Crippen LogP contribution >= 0.6 is 0 Å². The average Bonchev–Trinajstić information content (AvgIpc) is 2.62. The number of rotatable bonds is 8. The summed E-state index contributed by atoms with van der Waals surface area (Å²) in [6, 6.07) is 14.0. The van der Waals surface area contributed by atoms with Crippen LogP contribution in [0.15, 0.2) is 42.5 Å². The highest BCUT2D eigenvalue weighted by Crippen LogP contribution is 2.20. The van der Waals surface area contributed by atoms with Gasteiger partial charge in [-0.2, -0.15) is 0 Å². The van der Waals surface area contributed by atoms with Crippen LogP contribution in [-0.2, 0) is 11.2 Å². The highest BCUT2D eigenvalue weighted by atomic mass is 16.5. The van der Waals surface area contributed by atoms with Crippen LogP contribution in [0.25, 0.3) is 0 Å². The molecule has 0 saturated carbocycles. The largest absolute Gasteiger partial charge is 0.492 e. The van der Waals surface area contributed by atoms with Crippen molar-refractivity contribution in [2.24, 2.45) is 0 Å². The van der Waals surface area contributed by atoms with Crippen molar-refractivity contribution in [3.63, 3.8) is 0 Å². The van der Waals surface area contributed by atoms with Crippen molar-refractivity contribution in [3.8, 4) is 11.5 Å². The SMILES string of the molecule is CCc1ccc(OCCNC(=O)C(C)Oc2cc(C)ccc2C)cc1. The molecule has 0 aliphatic rings. The number of nitrogens with one attached hydrogen (secondary N) is 1. The van der Waals surface area contributed by atoms with Gasteiger partial charge in [0, 0.05) is 0 Å². The van der Waals surface area contributed by atoms with Crippen LogP contribution in [0.3, 0.4) is 0 Å². The van der Waals surface area contributed by atoms with Crippen LogP contribution < -0.4 is 14.8 Å². The quantitative estimate of drug-likeness (QED) is 0.742. The van der Waals surface area contributed by atoms with E-state index in [0.717, 1.165) is 29.0 Å². The number of benzene rings is 2. The highest BCUT2D eigenvalue weighted by Gasteiger charge is 2.15. The van der Waals surface area contributed by atoms with Gasteiger partial charge in [0.25, 0.3) is 5.91 Å². The zero-order valence-corrected chi connectivity index (χ0v) is 15.5. The van der Waals surface area contributed by atoms with Crippen molar-refractivity contribution >= 4 is 5.91 Å². The lowest BCUT2D eigenvalue weighted by atomic mass is 10.1. The van der Waals surface area contributed by atoms with Crippen molar-refractivity contribution in [2.45, 2.75) is 40.2 Å². The number of carbonyl (C=O) groups excluding carboxylic acids is 1. The van der Waals surface area contributed by atoms with Gasteiger partial charge >= 0.3 is 0 Å². The number of hydrogen-bond acceptors (Lipinski definition) is 3. The third-order valence-electron chi connectivity index (χ3n) is 4.02. The Hall–Kier alpha value is -2.49. The first kappa shape index (κ1) is 18.8. The maximum Gasteiger partial charge on any atom is 0.260 e. The van der Waals surface area contributed by atoms with Gasteiger partial charge in [0.05, 0.1) is 6.54 Å². The Morgan fingerprint density at radius 1 is 1.12 bits per heavy atom. The van der Waals surface area contributed by atoms with Crippen LogP contribution in [-0.4, -0.2) is 25.2 Å². The van der Waals surface area contributed by atoms with E-state index >= 15 is 0 Å². The smallest absolute Gasteiger partial charge is 0.260 e. The monoisotopic (exact) mass is 341 g/mol. The third-order valence-corrected chi connectivity index (χ3v) is 4.02. The topological polar surface area (TPSA) is 47.6 Å². The number of hydrogen-bond donors (Lipinski definition) is 1. The van der Waals surface area contributed by atoms with E-state index in [1.165, 1.54) is 5.56 Å². The van der Waals surface area contributed by atoms with Crippen LogP contribution in [0.1, 0.15) is 30.5 Å². The first-order valence-corrected chi connectivity index (χ1v) is 8.73. The molecule has 1 unspecified atom stereocenters. The fourth-order valence-corrected chi connectivity index (χ4v) is 2.39. The van der Waals surface area contributed by atoms with Gasteiger partial charge in [-0.15, -0.1) is 0 Å². The molecule has 4 heteroatoms. The summed E-state index contributed by atoms with van der Waals surface area (Å²) in [4.78, 5) is 12.1. The van der Waals surface area contributed by atoms with Gasteiger partial charge in [0.2, 0.25) is 0 Å². The van der Waals surface area contributed by atoms with Gasteiger partial charge in [-0.25, -0.2) is 0 Å². The summed E-state index contributed by atoms with van der Waals surface area (Å²) < 4.78 is 11.4. The Labute approximate surface area is 150 Å². The lowest BCUT2D eigenvalue weighted by Gasteiger charge is -2.17. The summed E-state index contributed by atoms with van der Waals surface area (Å²) in [6.45, 7) is 8.70. The van der Waals surface area contributed by atoms with E-state index in [1.54, 1.807) is 6.92 Å². The van der Waals surface area contributed by atoms with Crippen LogP contribution in [0, 0.1) is 13.8 Å². The van der Waals surface area contributed by atoms with E-state index in [4.69, 9.17) is 9.47 Å². The minimum absolute atomic E-state index is 0.147. The lowest BCUT2D eigenvalue weighted by molar-refractivity contribution is -0.127. The second-order valence-electron chi connectivity index (χ2n) is 6.17. The zero-order valence-electron chi connectivity index (χ0n) is 15.5. The predicted molar refractivity (Wildman–Crippen MR) is 100 cm³/mol. The molecule has 2 aromatic rings. The molecule has 0 spiro atoms. The van der Waals surface area contributed by atoms with Crippen molar-refractivity contribution in [1.82, 2.24) is 5.32 Å². The van der Waals surface area contributed by atoms with Gasteiger partial charge in [-0.3, -0.25) is 4.79 Å². The van der Waals surface area contributed by atoms with Crippen LogP contribution in [0.2, 0.25) is 0 Å². The molecule has 1 amide bonds. The fourth-order valence-electron chi connectivity index (χ4n) is 2.39. The Morgan fingerprint density at radius 2 is 1.84 bits per heavy atom. The summed E-state index contributed by atoms with van der Waals surface area (Å²) in [6.07, 6.45) is 0.457. The minimum atomic E-state index is -0.552. The summed E-state index contributed by atoms with van der Waals surface area (Å²) in [5.41, 5.74) is 3.40. The molecular weight excluding hydrogens is 314 g/mol. The Bertz CT molecular complexity index is 695. The van der Waals surface area contributed by atoms with E-state index in [2.05, 4.69) is 12.2 Å². The van der Waals surface area contributed by atoms with E-state index in [-0.39, 0.29) is 5.91 Å². The van der Waals surface area contributed by atoms with Crippen LogP contribution in [0.4, 0.5) is 0 Å². The second-order valence-corrected chi connectivity index (χ2v) is 6.17. The molecule has 0 heterocycles. The summed E-state index contributed by atoms with van der Waals surface area (Å²) >= 11 is 0. The predicted octanol–water partition coefficient (Wildman–Crippen LogP) is 3.83. The van der Waals surface area contributed by atoms with Gasteiger partial charge < -0.3 is 14.8 Å². The van der Waals surface area contributed by atoms with E-state index in [9.17, 15) is 4.79 Å². The number of ether oxygens (including phenoxy) is 2. The molecule has 0 radical (unpaired) electrons. The van der Waals surface area contributed by atoms with E-state index in [0.29, 0.717) is 13.2 Å². The molecule has 0 saturated heterocycles. The van der Waals surface area contributed by atoms with Gasteiger partial charge in [0.1, 0.15) is 18.1 Å². The third kappa shape index (κ3) is 5.82. The summed E-state index contributed by atoms with van der Waals surface area (Å²) in [5, 5.41) is 2.84. The standard InChI is InChI=1S/C21H27NO3/c1-5-18-8-10-19(11-9-18)24-13-12-22-21(23)17(4)25-20-14-15(2)6-7-16(20)3/h6-11,14,17H,5,12-13H2,1-4H3,(H,22,23). The molecule has 1 atom stereocenters. The fraction of sp³-hybridized carbons (Fsp3) is 0.381. The Kier molecular flexibility index (Phi) is 6.87. The molecule has 0 aromatic heterocycles. The molecular formula is C21H27NO3. The van der Waals surface area contributed by atoms with Gasteiger partial charge in [0.15, 0.2) is 6.10 Å². The maximum atomic E-state index is 12.1. The first-order chi connectivity index (χ1) is 12.0. The molecule has 25 heavy (non-hydrogen) atoms. The van der Waals surface area contributed by atoms with Gasteiger partial charge in [-0.1, -0.05) is 31.2 Å². The maximum absolute atomic E-state index is 12.1. The molecule has 0 aliphatic carbocycles.